The molecule has 0 saturated carbocycles. The summed E-state index contributed by atoms with van der Waals surface area (Å²) in [5, 5.41) is 2.98. The number of rotatable bonds is 8. The van der Waals surface area contributed by atoms with E-state index in [1.807, 2.05) is 6.92 Å². The molecule has 0 aliphatic heterocycles. The predicted octanol–water partition coefficient (Wildman–Crippen LogP) is 2.35. The second-order valence-corrected chi connectivity index (χ2v) is 4.11. The number of amides is 1. The van der Waals surface area contributed by atoms with E-state index in [0.29, 0.717) is 6.61 Å². The molecule has 0 saturated heterocycles. The number of methoxy groups -OCH3 is 1. The van der Waals surface area contributed by atoms with E-state index in [1.165, 1.54) is 0 Å². The number of hydrogen-bond acceptors (Lipinski definition) is 2. The van der Waals surface area contributed by atoms with Crippen LogP contribution in [-0.4, -0.2) is 25.7 Å². The summed E-state index contributed by atoms with van der Waals surface area (Å²) in [5.41, 5.74) is 0. The highest BCUT2D eigenvalue weighted by atomic mass is 16.5. The lowest BCUT2D eigenvalue weighted by atomic mass is 9.98. The Morgan fingerprint density at radius 1 is 1.40 bits per heavy atom. The van der Waals surface area contributed by atoms with Crippen LogP contribution in [0.4, 0.5) is 0 Å². The molecule has 0 unspecified atom stereocenters. The van der Waals surface area contributed by atoms with Crippen molar-refractivity contribution in [1.82, 2.24) is 5.32 Å². The Hall–Kier alpha value is -0.570. The third kappa shape index (κ3) is 6.50. The first kappa shape index (κ1) is 14.4. The summed E-state index contributed by atoms with van der Waals surface area (Å²) in [6, 6.07) is 0.109. The Labute approximate surface area is 93.6 Å². The van der Waals surface area contributed by atoms with E-state index in [-0.39, 0.29) is 17.9 Å². The number of unbranched alkanes of at least 4 members (excludes halogenated alkanes) is 1. The monoisotopic (exact) mass is 215 g/mol. The summed E-state index contributed by atoms with van der Waals surface area (Å²) in [4.78, 5) is 11.8. The van der Waals surface area contributed by atoms with Crippen molar-refractivity contribution in [2.45, 2.75) is 52.5 Å². The molecule has 0 radical (unpaired) electrons. The summed E-state index contributed by atoms with van der Waals surface area (Å²) in [5.74, 6) is 0.347. The van der Waals surface area contributed by atoms with E-state index in [9.17, 15) is 4.79 Å². The maximum atomic E-state index is 11.8. The van der Waals surface area contributed by atoms with Crippen molar-refractivity contribution >= 4 is 5.91 Å². The fourth-order valence-electron chi connectivity index (χ4n) is 1.62. The Morgan fingerprint density at radius 2 is 2.07 bits per heavy atom. The van der Waals surface area contributed by atoms with Crippen molar-refractivity contribution in [2.75, 3.05) is 13.7 Å². The van der Waals surface area contributed by atoms with Gasteiger partial charge in [0.25, 0.3) is 0 Å². The van der Waals surface area contributed by atoms with Crippen LogP contribution in [0, 0.1) is 5.92 Å². The number of carbonyl (C=O) groups excluding carboxylic acids is 1. The molecular weight excluding hydrogens is 190 g/mol. The van der Waals surface area contributed by atoms with Gasteiger partial charge in [0.2, 0.25) is 5.91 Å². The van der Waals surface area contributed by atoms with Crippen LogP contribution in [0.15, 0.2) is 0 Å². The molecule has 3 nitrogen and oxygen atoms in total. The van der Waals surface area contributed by atoms with Crippen LogP contribution >= 0.6 is 0 Å². The van der Waals surface area contributed by atoms with E-state index < -0.39 is 0 Å². The number of hydrogen-bond donors (Lipinski definition) is 1. The first-order valence-corrected chi connectivity index (χ1v) is 5.94. The highest BCUT2D eigenvalue weighted by Gasteiger charge is 2.17. The summed E-state index contributed by atoms with van der Waals surface area (Å²) in [6.07, 6.45) is 4.20. The van der Waals surface area contributed by atoms with Gasteiger partial charge in [-0.3, -0.25) is 4.79 Å². The van der Waals surface area contributed by atoms with Gasteiger partial charge < -0.3 is 10.1 Å². The van der Waals surface area contributed by atoms with Gasteiger partial charge >= 0.3 is 0 Å². The Morgan fingerprint density at radius 3 is 2.53 bits per heavy atom. The highest BCUT2D eigenvalue weighted by Crippen LogP contribution is 2.12. The minimum absolute atomic E-state index is 0.109. The first-order chi connectivity index (χ1) is 7.15. The molecule has 0 aromatic carbocycles. The van der Waals surface area contributed by atoms with Gasteiger partial charge in [-0.25, -0.2) is 0 Å². The molecule has 0 fully saturated rings. The van der Waals surface area contributed by atoms with Gasteiger partial charge in [-0.1, -0.05) is 26.7 Å². The van der Waals surface area contributed by atoms with Gasteiger partial charge in [-0.05, 0) is 19.8 Å². The van der Waals surface area contributed by atoms with Gasteiger partial charge in [0.05, 0.1) is 6.61 Å². The van der Waals surface area contributed by atoms with Gasteiger partial charge in [0, 0.05) is 19.1 Å². The van der Waals surface area contributed by atoms with Gasteiger partial charge in [0.1, 0.15) is 0 Å². The maximum Gasteiger partial charge on any atom is 0.223 e. The Kier molecular flexibility index (Phi) is 8.38. The van der Waals surface area contributed by atoms with E-state index in [2.05, 4.69) is 19.2 Å². The number of nitrogens with one attached hydrogen (secondary N) is 1. The van der Waals surface area contributed by atoms with E-state index in [1.54, 1.807) is 7.11 Å². The summed E-state index contributed by atoms with van der Waals surface area (Å²) < 4.78 is 4.98. The average molecular weight is 215 g/mol. The molecule has 1 N–H and O–H groups in total. The van der Waals surface area contributed by atoms with Crippen LogP contribution in [0.2, 0.25) is 0 Å². The smallest absolute Gasteiger partial charge is 0.223 e. The zero-order valence-electron chi connectivity index (χ0n) is 10.5. The minimum Gasteiger partial charge on any atom is -0.383 e. The molecule has 0 bridgehead atoms. The van der Waals surface area contributed by atoms with Crippen molar-refractivity contribution in [2.24, 2.45) is 5.92 Å². The summed E-state index contributed by atoms with van der Waals surface area (Å²) >= 11 is 0. The fraction of sp³-hybridized carbons (Fsp3) is 0.917. The largest absolute Gasteiger partial charge is 0.383 e. The van der Waals surface area contributed by atoms with Crippen molar-refractivity contribution in [3.8, 4) is 0 Å². The van der Waals surface area contributed by atoms with Crippen LogP contribution in [-0.2, 0) is 9.53 Å². The second kappa shape index (κ2) is 8.72. The summed E-state index contributed by atoms with van der Waals surface area (Å²) in [7, 11) is 1.65. The molecule has 0 heterocycles. The van der Waals surface area contributed by atoms with Gasteiger partial charge in [0.15, 0.2) is 0 Å². The summed E-state index contributed by atoms with van der Waals surface area (Å²) in [6.45, 7) is 6.77. The Balaban J connectivity index is 3.91. The molecule has 90 valence electrons. The zero-order chi connectivity index (χ0) is 11.7. The van der Waals surface area contributed by atoms with Crippen LogP contribution in [0.1, 0.15) is 46.5 Å². The molecule has 0 aliphatic rings. The van der Waals surface area contributed by atoms with E-state index >= 15 is 0 Å². The average Bonchev–Trinajstić information content (AvgIpc) is 2.19. The van der Waals surface area contributed by atoms with Crippen molar-refractivity contribution in [3.05, 3.63) is 0 Å². The SMILES string of the molecule is CCCC[C@H](CC)C(=O)N[C@@H](C)COC. The van der Waals surface area contributed by atoms with Crippen molar-refractivity contribution in [1.29, 1.82) is 0 Å². The predicted molar refractivity (Wildman–Crippen MR) is 62.8 cm³/mol. The van der Waals surface area contributed by atoms with Gasteiger partial charge in [-0.2, -0.15) is 0 Å². The molecule has 0 rings (SSSR count). The Bertz CT molecular complexity index is 171. The molecule has 0 spiro atoms. The third-order valence-electron chi connectivity index (χ3n) is 2.58. The van der Waals surface area contributed by atoms with E-state index in [0.717, 1.165) is 25.7 Å². The number of ether oxygens (including phenoxy) is 1. The molecule has 15 heavy (non-hydrogen) atoms. The van der Waals surface area contributed by atoms with Crippen LogP contribution < -0.4 is 5.32 Å². The standard InChI is InChI=1S/C12H25NO2/c1-5-7-8-11(6-2)12(14)13-10(3)9-15-4/h10-11H,5-9H2,1-4H3,(H,13,14)/t10-,11-/m0/s1. The fourth-order valence-corrected chi connectivity index (χ4v) is 1.62. The molecule has 0 aromatic rings. The van der Waals surface area contributed by atoms with Crippen molar-refractivity contribution in [3.63, 3.8) is 0 Å². The third-order valence-corrected chi connectivity index (χ3v) is 2.58. The lowest BCUT2D eigenvalue weighted by molar-refractivity contribution is -0.126. The van der Waals surface area contributed by atoms with Crippen LogP contribution in [0.5, 0.6) is 0 Å². The second-order valence-electron chi connectivity index (χ2n) is 4.11. The maximum absolute atomic E-state index is 11.8. The van der Waals surface area contributed by atoms with Crippen LogP contribution in [0.25, 0.3) is 0 Å². The molecule has 0 aromatic heterocycles. The zero-order valence-corrected chi connectivity index (χ0v) is 10.5. The minimum atomic E-state index is 0.109. The number of carbonyl (C=O) groups is 1. The quantitative estimate of drug-likeness (QED) is 0.675. The molecule has 0 aliphatic carbocycles. The molecule has 1 amide bonds. The van der Waals surface area contributed by atoms with Crippen molar-refractivity contribution < 1.29 is 9.53 Å². The topological polar surface area (TPSA) is 38.3 Å². The van der Waals surface area contributed by atoms with Gasteiger partial charge in [-0.15, -0.1) is 0 Å². The normalized spacial score (nSPS) is 14.7. The molecular formula is C12H25NO2. The molecule has 3 heteroatoms. The molecule has 2 atom stereocenters. The van der Waals surface area contributed by atoms with E-state index in [4.69, 9.17) is 4.74 Å². The first-order valence-electron chi connectivity index (χ1n) is 5.94. The lowest BCUT2D eigenvalue weighted by Gasteiger charge is -2.18. The lowest BCUT2D eigenvalue weighted by Crippen LogP contribution is -2.39. The highest BCUT2D eigenvalue weighted by molar-refractivity contribution is 5.78. The van der Waals surface area contributed by atoms with Crippen LogP contribution in [0.3, 0.4) is 0 Å².